The van der Waals surface area contributed by atoms with Gasteiger partial charge in [0.05, 0.1) is 24.9 Å². The highest BCUT2D eigenvalue weighted by molar-refractivity contribution is 7.15. The standard InChI is InChI=1S/C13H23N3OS/c1-4-10-8-17-6-5-16(10)13-15-12(9(2)3)11(7-14)18-13/h9-10H,4-8,14H2,1-3H3. The summed E-state index contributed by atoms with van der Waals surface area (Å²) in [6.45, 7) is 9.69. The molecule has 4 nitrogen and oxygen atoms in total. The number of morpholine rings is 1. The Kier molecular flexibility index (Phi) is 4.59. The second-order valence-electron chi connectivity index (χ2n) is 4.99. The minimum absolute atomic E-state index is 0.440. The molecule has 5 heteroatoms. The molecule has 1 saturated heterocycles. The Bertz CT molecular complexity index is 392. The second kappa shape index (κ2) is 5.99. The van der Waals surface area contributed by atoms with Crippen LogP contribution in [0.4, 0.5) is 5.13 Å². The highest BCUT2D eigenvalue weighted by Gasteiger charge is 2.25. The van der Waals surface area contributed by atoms with Crippen LogP contribution in [-0.2, 0) is 11.3 Å². The van der Waals surface area contributed by atoms with Crippen molar-refractivity contribution < 1.29 is 4.74 Å². The van der Waals surface area contributed by atoms with Crippen molar-refractivity contribution in [3.63, 3.8) is 0 Å². The maximum absolute atomic E-state index is 5.83. The van der Waals surface area contributed by atoms with Gasteiger partial charge in [0.25, 0.3) is 0 Å². The van der Waals surface area contributed by atoms with Crippen molar-refractivity contribution >= 4 is 16.5 Å². The Balaban J connectivity index is 2.26. The van der Waals surface area contributed by atoms with Crippen molar-refractivity contribution in [2.24, 2.45) is 5.73 Å². The predicted molar refractivity (Wildman–Crippen MR) is 76.3 cm³/mol. The number of anilines is 1. The third-order valence-corrected chi connectivity index (χ3v) is 4.52. The van der Waals surface area contributed by atoms with Gasteiger partial charge in [0.2, 0.25) is 0 Å². The molecule has 1 aliphatic heterocycles. The molecule has 0 saturated carbocycles. The summed E-state index contributed by atoms with van der Waals surface area (Å²) >= 11 is 1.75. The summed E-state index contributed by atoms with van der Waals surface area (Å²) in [7, 11) is 0. The number of hydrogen-bond donors (Lipinski definition) is 1. The van der Waals surface area contributed by atoms with Crippen LogP contribution >= 0.6 is 11.3 Å². The Hall–Kier alpha value is -0.650. The summed E-state index contributed by atoms with van der Waals surface area (Å²) in [5.74, 6) is 0.440. The number of thiazole rings is 1. The van der Waals surface area contributed by atoms with Crippen LogP contribution in [-0.4, -0.2) is 30.8 Å². The number of nitrogens with two attached hydrogens (primary N) is 1. The second-order valence-corrected chi connectivity index (χ2v) is 6.06. The van der Waals surface area contributed by atoms with Crippen molar-refractivity contribution in [3.05, 3.63) is 10.6 Å². The lowest BCUT2D eigenvalue weighted by molar-refractivity contribution is 0.0929. The van der Waals surface area contributed by atoms with Crippen LogP contribution in [0.1, 0.15) is 43.7 Å². The molecule has 0 bridgehead atoms. The van der Waals surface area contributed by atoms with Gasteiger partial charge in [-0.3, -0.25) is 0 Å². The van der Waals surface area contributed by atoms with E-state index in [1.54, 1.807) is 11.3 Å². The van der Waals surface area contributed by atoms with Crippen LogP contribution in [0.2, 0.25) is 0 Å². The third kappa shape index (κ3) is 2.68. The summed E-state index contributed by atoms with van der Waals surface area (Å²) < 4.78 is 5.55. The number of aromatic nitrogens is 1. The number of nitrogens with zero attached hydrogens (tertiary/aromatic N) is 2. The smallest absolute Gasteiger partial charge is 0.186 e. The SMILES string of the molecule is CCC1COCCN1c1nc(C(C)C)c(CN)s1. The van der Waals surface area contributed by atoms with Gasteiger partial charge in [0.1, 0.15) is 0 Å². The molecule has 0 aromatic carbocycles. The van der Waals surface area contributed by atoms with E-state index in [0.29, 0.717) is 18.5 Å². The molecule has 1 aromatic heterocycles. The molecule has 102 valence electrons. The molecule has 1 atom stereocenters. The normalized spacial score (nSPS) is 20.7. The zero-order valence-electron chi connectivity index (χ0n) is 11.5. The minimum atomic E-state index is 0.440. The zero-order valence-corrected chi connectivity index (χ0v) is 12.3. The lowest BCUT2D eigenvalue weighted by Gasteiger charge is -2.34. The van der Waals surface area contributed by atoms with Crippen LogP contribution in [0, 0.1) is 0 Å². The molecule has 2 heterocycles. The summed E-state index contributed by atoms with van der Waals surface area (Å²) in [4.78, 5) is 8.42. The molecule has 0 radical (unpaired) electrons. The lowest BCUT2D eigenvalue weighted by atomic mass is 10.1. The Morgan fingerprint density at radius 3 is 2.89 bits per heavy atom. The van der Waals surface area contributed by atoms with Gasteiger partial charge in [-0.2, -0.15) is 0 Å². The van der Waals surface area contributed by atoms with E-state index in [0.717, 1.165) is 31.3 Å². The Morgan fingerprint density at radius 2 is 2.33 bits per heavy atom. The van der Waals surface area contributed by atoms with Gasteiger partial charge in [-0.1, -0.05) is 20.8 Å². The monoisotopic (exact) mass is 269 g/mol. The quantitative estimate of drug-likeness (QED) is 0.911. The van der Waals surface area contributed by atoms with Crippen LogP contribution < -0.4 is 10.6 Å². The lowest BCUT2D eigenvalue weighted by Crippen LogP contribution is -2.45. The van der Waals surface area contributed by atoms with E-state index < -0.39 is 0 Å². The molecule has 18 heavy (non-hydrogen) atoms. The van der Waals surface area contributed by atoms with Crippen molar-refractivity contribution in [3.8, 4) is 0 Å². The van der Waals surface area contributed by atoms with Gasteiger partial charge in [0.15, 0.2) is 5.13 Å². The van der Waals surface area contributed by atoms with E-state index in [-0.39, 0.29) is 0 Å². The first-order valence-electron chi connectivity index (χ1n) is 6.71. The van der Waals surface area contributed by atoms with E-state index in [1.807, 2.05) is 0 Å². The average Bonchev–Trinajstić information content (AvgIpc) is 2.82. The van der Waals surface area contributed by atoms with Gasteiger partial charge >= 0.3 is 0 Å². The van der Waals surface area contributed by atoms with Gasteiger partial charge < -0.3 is 15.4 Å². The maximum atomic E-state index is 5.83. The fraction of sp³-hybridized carbons (Fsp3) is 0.769. The van der Waals surface area contributed by atoms with Crippen molar-refractivity contribution in [2.75, 3.05) is 24.7 Å². The van der Waals surface area contributed by atoms with E-state index in [2.05, 4.69) is 25.7 Å². The van der Waals surface area contributed by atoms with E-state index in [9.17, 15) is 0 Å². The molecule has 1 aliphatic rings. The van der Waals surface area contributed by atoms with E-state index in [1.165, 1.54) is 10.6 Å². The number of hydrogen-bond acceptors (Lipinski definition) is 5. The summed E-state index contributed by atoms with van der Waals surface area (Å²) in [6, 6.07) is 0.454. The third-order valence-electron chi connectivity index (χ3n) is 3.39. The van der Waals surface area contributed by atoms with Crippen molar-refractivity contribution in [1.29, 1.82) is 0 Å². The van der Waals surface area contributed by atoms with Gasteiger partial charge in [-0.15, -0.1) is 11.3 Å². The molecule has 2 N–H and O–H groups in total. The topological polar surface area (TPSA) is 51.4 Å². The summed E-state index contributed by atoms with van der Waals surface area (Å²) in [5.41, 5.74) is 6.99. The van der Waals surface area contributed by atoms with Crippen LogP contribution in [0.3, 0.4) is 0 Å². The molecule has 0 amide bonds. The van der Waals surface area contributed by atoms with Gasteiger partial charge in [0, 0.05) is 18.0 Å². The zero-order chi connectivity index (χ0) is 13.1. The molecule has 1 aromatic rings. The average molecular weight is 269 g/mol. The first-order chi connectivity index (χ1) is 8.67. The number of rotatable bonds is 4. The highest BCUT2D eigenvalue weighted by atomic mass is 32.1. The van der Waals surface area contributed by atoms with Crippen LogP contribution in [0.25, 0.3) is 0 Å². The highest BCUT2D eigenvalue weighted by Crippen LogP contribution is 2.32. The molecule has 0 aliphatic carbocycles. The first-order valence-corrected chi connectivity index (χ1v) is 7.53. The summed E-state index contributed by atoms with van der Waals surface area (Å²) in [5, 5.41) is 1.12. The molecule has 2 rings (SSSR count). The molecular weight excluding hydrogens is 246 g/mol. The minimum Gasteiger partial charge on any atom is -0.377 e. The van der Waals surface area contributed by atoms with Gasteiger partial charge in [-0.05, 0) is 12.3 Å². The van der Waals surface area contributed by atoms with Crippen molar-refractivity contribution in [1.82, 2.24) is 4.98 Å². The molecule has 1 unspecified atom stereocenters. The molecule has 1 fully saturated rings. The van der Waals surface area contributed by atoms with E-state index in [4.69, 9.17) is 15.5 Å². The predicted octanol–water partition coefficient (Wildman–Crippen LogP) is 2.34. The first kappa shape index (κ1) is 13.8. The fourth-order valence-electron chi connectivity index (χ4n) is 2.32. The fourth-order valence-corrected chi connectivity index (χ4v) is 3.51. The molecule has 0 spiro atoms. The Labute approximate surface area is 113 Å². The van der Waals surface area contributed by atoms with Crippen LogP contribution in [0.5, 0.6) is 0 Å². The van der Waals surface area contributed by atoms with E-state index >= 15 is 0 Å². The Morgan fingerprint density at radius 1 is 1.56 bits per heavy atom. The maximum Gasteiger partial charge on any atom is 0.186 e. The van der Waals surface area contributed by atoms with Crippen LogP contribution in [0.15, 0.2) is 0 Å². The van der Waals surface area contributed by atoms with Crippen molar-refractivity contribution in [2.45, 2.75) is 45.7 Å². The number of ether oxygens (including phenoxy) is 1. The largest absolute Gasteiger partial charge is 0.377 e. The van der Waals surface area contributed by atoms with Gasteiger partial charge in [-0.25, -0.2) is 4.98 Å². The summed E-state index contributed by atoms with van der Waals surface area (Å²) in [6.07, 6.45) is 1.09. The molecular formula is C13H23N3OS.